The number of piperazine rings is 1. The second-order valence-corrected chi connectivity index (χ2v) is 7.75. The number of carbonyl (C=O) groups excluding carboxylic acids is 1. The molecule has 2 heterocycles. The number of tetrazole rings is 1. The molecular formula is C14H15F3N6O4S. The molecule has 0 radical (unpaired) electrons. The van der Waals surface area contributed by atoms with Gasteiger partial charge in [0.25, 0.3) is 0 Å². The van der Waals surface area contributed by atoms with E-state index in [1.54, 1.807) is 0 Å². The second-order valence-electron chi connectivity index (χ2n) is 5.81. The Kier molecular flexibility index (Phi) is 5.51. The molecule has 14 heteroatoms. The van der Waals surface area contributed by atoms with Crippen molar-refractivity contribution in [2.24, 2.45) is 0 Å². The zero-order chi connectivity index (χ0) is 20.4. The number of alkyl halides is 3. The summed E-state index contributed by atoms with van der Waals surface area (Å²) in [5.74, 6) is -0.762. The van der Waals surface area contributed by atoms with Gasteiger partial charge < -0.3 is 9.64 Å². The fourth-order valence-corrected chi connectivity index (χ4v) is 4.05. The summed E-state index contributed by atoms with van der Waals surface area (Å²) >= 11 is 0. The summed E-state index contributed by atoms with van der Waals surface area (Å²) in [6.45, 7) is 0.417. The van der Waals surface area contributed by atoms with Crippen LogP contribution in [0.5, 0.6) is 5.75 Å². The van der Waals surface area contributed by atoms with Gasteiger partial charge in [-0.15, -0.1) is 18.3 Å². The Hall–Kier alpha value is -2.74. The number of sulfonamides is 1. The van der Waals surface area contributed by atoms with Crippen molar-refractivity contribution >= 4 is 15.9 Å². The van der Waals surface area contributed by atoms with E-state index in [2.05, 4.69) is 20.3 Å². The second kappa shape index (κ2) is 7.71. The first kappa shape index (κ1) is 20.0. The largest absolute Gasteiger partial charge is 0.573 e. The third-order valence-electron chi connectivity index (χ3n) is 3.98. The Morgan fingerprint density at radius 3 is 2.29 bits per heavy atom. The van der Waals surface area contributed by atoms with Crippen LogP contribution in [0.1, 0.15) is 0 Å². The summed E-state index contributed by atoms with van der Waals surface area (Å²) in [6.07, 6.45) is -3.56. The molecule has 3 rings (SSSR count). The molecule has 0 saturated carbocycles. The molecule has 2 aromatic rings. The topological polar surface area (TPSA) is 111 Å². The van der Waals surface area contributed by atoms with Gasteiger partial charge in [-0.2, -0.15) is 4.31 Å². The average Bonchev–Trinajstić information content (AvgIpc) is 3.14. The zero-order valence-corrected chi connectivity index (χ0v) is 15.1. The molecule has 0 unspecified atom stereocenters. The van der Waals surface area contributed by atoms with Gasteiger partial charge >= 0.3 is 6.36 Å². The van der Waals surface area contributed by atoms with Crippen LogP contribution < -0.4 is 4.74 Å². The van der Waals surface area contributed by atoms with E-state index in [0.29, 0.717) is 0 Å². The van der Waals surface area contributed by atoms with Gasteiger partial charge in [-0.3, -0.25) is 4.79 Å². The van der Waals surface area contributed by atoms with Crippen molar-refractivity contribution in [3.8, 4) is 5.75 Å². The van der Waals surface area contributed by atoms with Gasteiger partial charge in [-0.1, -0.05) is 0 Å². The van der Waals surface area contributed by atoms with Crippen LogP contribution >= 0.6 is 0 Å². The number of rotatable bonds is 5. The molecule has 0 bridgehead atoms. The number of nitrogens with zero attached hydrogens (tertiary/aromatic N) is 6. The maximum Gasteiger partial charge on any atom is 0.573 e. The van der Waals surface area contributed by atoms with E-state index in [0.717, 1.165) is 24.3 Å². The summed E-state index contributed by atoms with van der Waals surface area (Å²) < 4.78 is 68.0. The summed E-state index contributed by atoms with van der Waals surface area (Å²) in [6, 6.07) is 3.97. The summed E-state index contributed by atoms with van der Waals surface area (Å²) in [5, 5.41) is 10.4. The predicted molar refractivity (Wildman–Crippen MR) is 86.3 cm³/mol. The van der Waals surface area contributed by atoms with Crippen molar-refractivity contribution in [1.82, 2.24) is 29.4 Å². The van der Waals surface area contributed by atoms with Gasteiger partial charge in [-0.25, -0.2) is 13.1 Å². The minimum atomic E-state index is -4.86. The number of amides is 1. The van der Waals surface area contributed by atoms with E-state index in [1.807, 2.05) is 0 Å². The molecule has 0 N–H and O–H groups in total. The van der Waals surface area contributed by atoms with Crippen LogP contribution in [-0.4, -0.2) is 76.3 Å². The van der Waals surface area contributed by atoms with Crippen LogP contribution in [0.4, 0.5) is 13.2 Å². The average molecular weight is 420 g/mol. The number of carbonyl (C=O) groups is 1. The smallest absolute Gasteiger partial charge is 0.406 e. The number of aromatic nitrogens is 4. The van der Waals surface area contributed by atoms with Crippen molar-refractivity contribution < 1.29 is 31.1 Å². The molecule has 1 saturated heterocycles. The van der Waals surface area contributed by atoms with Crippen molar-refractivity contribution in [2.75, 3.05) is 26.2 Å². The number of halogens is 3. The third-order valence-corrected chi connectivity index (χ3v) is 5.89. The van der Waals surface area contributed by atoms with Crippen LogP contribution in [0.15, 0.2) is 35.5 Å². The van der Waals surface area contributed by atoms with Gasteiger partial charge in [0.05, 0.1) is 4.90 Å². The van der Waals surface area contributed by atoms with E-state index < -0.39 is 22.1 Å². The van der Waals surface area contributed by atoms with Crippen LogP contribution in [0, 0.1) is 0 Å². The van der Waals surface area contributed by atoms with Crippen molar-refractivity contribution in [3.05, 3.63) is 30.6 Å². The maximum atomic E-state index is 12.6. The SMILES string of the molecule is O=C(Cn1cnnn1)N1CCN(S(=O)(=O)c2ccc(OC(F)(F)F)cc2)CC1. The predicted octanol–water partition coefficient (Wildman–Crippen LogP) is 0.105. The summed E-state index contributed by atoms with van der Waals surface area (Å²) in [4.78, 5) is 13.5. The molecule has 10 nitrogen and oxygen atoms in total. The van der Waals surface area contributed by atoms with Crippen LogP contribution in [0.2, 0.25) is 0 Å². The van der Waals surface area contributed by atoms with Crippen LogP contribution in [-0.2, 0) is 21.4 Å². The van der Waals surface area contributed by atoms with E-state index in [4.69, 9.17) is 0 Å². The van der Waals surface area contributed by atoms with Crippen molar-refractivity contribution in [1.29, 1.82) is 0 Å². The minimum Gasteiger partial charge on any atom is -0.406 e. The van der Waals surface area contributed by atoms with Crippen molar-refractivity contribution in [3.63, 3.8) is 0 Å². The number of hydrogen-bond acceptors (Lipinski definition) is 7. The monoisotopic (exact) mass is 420 g/mol. The Labute approximate surface area is 157 Å². The number of hydrogen-bond donors (Lipinski definition) is 0. The standard InChI is InChI=1S/C14H15F3N6O4S/c15-14(16,17)27-11-1-3-12(4-2-11)28(25,26)23-7-5-21(6-8-23)13(24)9-22-10-18-19-20-22/h1-4,10H,5-9H2. The van der Waals surface area contributed by atoms with Gasteiger partial charge in [0, 0.05) is 26.2 Å². The first-order chi connectivity index (χ1) is 13.1. The number of benzene rings is 1. The lowest BCUT2D eigenvalue weighted by Gasteiger charge is -2.34. The fraction of sp³-hybridized carbons (Fsp3) is 0.429. The Morgan fingerprint density at radius 1 is 1.11 bits per heavy atom. The lowest BCUT2D eigenvalue weighted by Crippen LogP contribution is -2.51. The lowest BCUT2D eigenvalue weighted by molar-refractivity contribution is -0.274. The van der Waals surface area contributed by atoms with E-state index >= 15 is 0 Å². The van der Waals surface area contributed by atoms with Crippen molar-refractivity contribution in [2.45, 2.75) is 17.8 Å². The zero-order valence-electron chi connectivity index (χ0n) is 14.3. The Bertz CT molecular complexity index is 910. The van der Waals surface area contributed by atoms with Crippen LogP contribution in [0.3, 0.4) is 0 Å². The number of ether oxygens (including phenoxy) is 1. The highest BCUT2D eigenvalue weighted by molar-refractivity contribution is 7.89. The molecule has 1 aliphatic rings. The molecule has 1 fully saturated rings. The van der Waals surface area contributed by atoms with E-state index in [9.17, 15) is 26.4 Å². The fourth-order valence-electron chi connectivity index (χ4n) is 2.63. The highest BCUT2D eigenvalue weighted by Gasteiger charge is 2.32. The summed E-state index contributed by atoms with van der Waals surface area (Å²) in [7, 11) is -3.90. The summed E-state index contributed by atoms with van der Waals surface area (Å²) in [5.41, 5.74) is 0. The van der Waals surface area contributed by atoms with E-state index in [-0.39, 0.29) is 43.5 Å². The molecule has 152 valence electrons. The first-order valence-electron chi connectivity index (χ1n) is 8.00. The lowest BCUT2D eigenvalue weighted by atomic mass is 10.3. The minimum absolute atomic E-state index is 0.0551. The third kappa shape index (κ3) is 4.75. The molecule has 1 aromatic heterocycles. The highest BCUT2D eigenvalue weighted by atomic mass is 32.2. The molecule has 1 aromatic carbocycles. The maximum absolute atomic E-state index is 12.6. The first-order valence-corrected chi connectivity index (χ1v) is 9.44. The molecule has 0 atom stereocenters. The van der Waals surface area contributed by atoms with Gasteiger partial charge in [-0.05, 0) is 34.7 Å². The molecule has 1 aliphatic heterocycles. The van der Waals surface area contributed by atoms with E-state index in [1.165, 1.54) is 20.2 Å². The molecular weight excluding hydrogens is 405 g/mol. The van der Waals surface area contributed by atoms with Gasteiger partial charge in [0.1, 0.15) is 18.6 Å². The Morgan fingerprint density at radius 2 is 1.75 bits per heavy atom. The molecule has 1 amide bonds. The molecule has 0 spiro atoms. The quantitative estimate of drug-likeness (QED) is 0.675. The highest BCUT2D eigenvalue weighted by Crippen LogP contribution is 2.25. The van der Waals surface area contributed by atoms with Crippen LogP contribution in [0.25, 0.3) is 0 Å². The normalized spacial score (nSPS) is 16.2. The Balaban J connectivity index is 1.60. The van der Waals surface area contributed by atoms with Gasteiger partial charge in [0.2, 0.25) is 15.9 Å². The molecule has 0 aliphatic carbocycles. The van der Waals surface area contributed by atoms with Gasteiger partial charge in [0.15, 0.2) is 0 Å². The molecule has 28 heavy (non-hydrogen) atoms.